The van der Waals surface area contributed by atoms with Gasteiger partial charge in [0.1, 0.15) is 5.82 Å². The van der Waals surface area contributed by atoms with Crippen LogP contribution in [0.1, 0.15) is 37.1 Å². The van der Waals surface area contributed by atoms with Crippen LogP contribution in [0.2, 0.25) is 0 Å². The topological polar surface area (TPSA) is 58.1 Å². The molecule has 2 aromatic rings. The maximum absolute atomic E-state index is 12.6. The third-order valence-corrected chi connectivity index (χ3v) is 5.22. The van der Waals surface area contributed by atoms with Crippen LogP contribution in [0.4, 0.5) is 10.5 Å². The van der Waals surface area contributed by atoms with Crippen molar-refractivity contribution in [2.75, 3.05) is 5.32 Å². The second-order valence-electron chi connectivity index (χ2n) is 6.86. The predicted molar refractivity (Wildman–Crippen MR) is 93.8 cm³/mol. The van der Waals surface area contributed by atoms with Gasteiger partial charge in [0.2, 0.25) is 0 Å². The number of urea groups is 1. The SMILES string of the molecule is Cc1ncc(-c2cc(NC(=O)N3C4CCCC3C4)ccc2C)cn1. The van der Waals surface area contributed by atoms with Crippen molar-refractivity contribution in [3.05, 3.63) is 42.0 Å². The molecule has 3 heterocycles. The molecule has 2 fully saturated rings. The smallest absolute Gasteiger partial charge is 0.318 e. The van der Waals surface area contributed by atoms with Gasteiger partial charge in [0.15, 0.2) is 0 Å². The third-order valence-electron chi connectivity index (χ3n) is 5.22. The Labute approximate surface area is 142 Å². The van der Waals surface area contributed by atoms with E-state index in [0.29, 0.717) is 12.1 Å². The molecule has 5 heteroatoms. The van der Waals surface area contributed by atoms with E-state index in [1.165, 1.54) is 12.8 Å². The Balaban J connectivity index is 1.55. The number of hydrogen-bond donors (Lipinski definition) is 1. The molecule has 2 unspecified atom stereocenters. The van der Waals surface area contributed by atoms with E-state index >= 15 is 0 Å². The lowest BCUT2D eigenvalue weighted by Crippen LogP contribution is -2.62. The maximum Gasteiger partial charge on any atom is 0.322 e. The monoisotopic (exact) mass is 322 g/mol. The van der Waals surface area contributed by atoms with Gasteiger partial charge in [-0.1, -0.05) is 6.07 Å². The van der Waals surface area contributed by atoms with E-state index < -0.39 is 0 Å². The lowest BCUT2D eigenvalue weighted by Gasteiger charge is -2.52. The second-order valence-corrected chi connectivity index (χ2v) is 6.86. The normalized spacial score (nSPS) is 22.0. The number of aromatic nitrogens is 2. The highest BCUT2D eigenvalue weighted by Gasteiger charge is 2.44. The summed E-state index contributed by atoms with van der Waals surface area (Å²) in [7, 11) is 0. The first-order valence-corrected chi connectivity index (χ1v) is 8.61. The van der Waals surface area contributed by atoms with E-state index in [1.54, 1.807) is 0 Å². The number of fused-ring (bicyclic) bond motifs is 2. The molecule has 2 bridgehead atoms. The molecule has 2 aliphatic heterocycles. The minimum absolute atomic E-state index is 0.0332. The molecule has 124 valence electrons. The summed E-state index contributed by atoms with van der Waals surface area (Å²) in [5, 5.41) is 3.07. The zero-order valence-corrected chi connectivity index (χ0v) is 14.1. The average molecular weight is 322 g/mol. The first-order valence-electron chi connectivity index (χ1n) is 8.61. The van der Waals surface area contributed by atoms with Crippen molar-refractivity contribution in [3.63, 3.8) is 0 Å². The van der Waals surface area contributed by atoms with Gasteiger partial charge in [0.05, 0.1) is 0 Å². The molecule has 0 saturated carbocycles. The number of nitrogens with one attached hydrogen (secondary N) is 1. The Morgan fingerprint density at radius 3 is 2.54 bits per heavy atom. The highest BCUT2D eigenvalue weighted by atomic mass is 16.2. The molecule has 4 rings (SSSR count). The fourth-order valence-corrected chi connectivity index (χ4v) is 3.87. The van der Waals surface area contributed by atoms with Gasteiger partial charge in [-0.05, 0) is 62.8 Å². The van der Waals surface area contributed by atoms with Crippen LogP contribution in [0.15, 0.2) is 30.6 Å². The lowest BCUT2D eigenvalue weighted by molar-refractivity contribution is 0.0173. The quantitative estimate of drug-likeness (QED) is 0.911. The third kappa shape index (κ3) is 2.64. The Bertz CT molecular complexity index is 757. The number of carbonyl (C=O) groups excluding carboxylic acids is 1. The van der Waals surface area contributed by atoms with Crippen LogP contribution in [0.3, 0.4) is 0 Å². The van der Waals surface area contributed by atoms with Crippen molar-refractivity contribution in [2.45, 2.75) is 51.6 Å². The van der Waals surface area contributed by atoms with Gasteiger partial charge < -0.3 is 10.2 Å². The van der Waals surface area contributed by atoms with Gasteiger partial charge in [0.25, 0.3) is 0 Å². The highest BCUT2D eigenvalue weighted by Crippen LogP contribution is 2.38. The van der Waals surface area contributed by atoms with Gasteiger partial charge in [-0.2, -0.15) is 0 Å². The van der Waals surface area contributed by atoms with E-state index in [0.717, 1.165) is 41.0 Å². The summed E-state index contributed by atoms with van der Waals surface area (Å²) in [6, 6.07) is 6.92. The molecule has 1 N–H and O–H groups in total. The standard InChI is InChI=1S/C19H22N4O/c1-12-6-7-15(8-18(12)14-10-20-13(2)21-11-14)22-19(24)23-16-4-3-5-17(23)9-16/h6-8,10-11,16-17H,3-5,9H2,1-2H3,(H,22,24). The molecule has 2 aliphatic rings. The fourth-order valence-electron chi connectivity index (χ4n) is 3.87. The summed E-state index contributed by atoms with van der Waals surface area (Å²) in [4.78, 5) is 23.1. The Kier molecular flexibility index (Phi) is 3.71. The number of nitrogens with zero attached hydrogens (tertiary/aromatic N) is 3. The molecule has 0 aliphatic carbocycles. The van der Waals surface area contributed by atoms with Crippen molar-refractivity contribution < 1.29 is 4.79 Å². The molecule has 1 aromatic heterocycles. The predicted octanol–water partition coefficient (Wildman–Crippen LogP) is 3.92. The summed E-state index contributed by atoms with van der Waals surface area (Å²) >= 11 is 0. The van der Waals surface area contributed by atoms with Crippen molar-refractivity contribution >= 4 is 11.7 Å². The summed E-state index contributed by atoms with van der Waals surface area (Å²) in [6.07, 6.45) is 8.37. The van der Waals surface area contributed by atoms with Crippen molar-refractivity contribution in [1.29, 1.82) is 0 Å². The van der Waals surface area contributed by atoms with Gasteiger partial charge >= 0.3 is 6.03 Å². The van der Waals surface area contributed by atoms with Crippen LogP contribution in [-0.4, -0.2) is 33.0 Å². The number of hydrogen-bond acceptors (Lipinski definition) is 3. The van der Waals surface area contributed by atoms with Crippen molar-refractivity contribution in [2.24, 2.45) is 0 Å². The summed E-state index contributed by atoms with van der Waals surface area (Å²) in [6.45, 7) is 3.93. The first-order chi connectivity index (χ1) is 11.6. The number of rotatable bonds is 2. The molecule has 0 spiro atoms. The van der Waals surface area contributed by atoms with Gasteiger partial charge in [-0.15, -0.1) is 0 Å². The Morgan fingerprint density at radius 1 is 1.17 bits per heavy atom. The number of amides is 2. The maximum atomic E-state index is 12.6. The molecule has 2 saturated heterocycles. The number of carbonyl (C=O) groups is 1. The summed E-state index contributed by atoms with van der Waals surface area (Å²) < 4.78 is 0. The van der Waals surface area contributed by atoms with E-state index in [9.17, 15) is 4.79 Å². The number of benzene rings is 1. The molecule has 1 aromatic carbocycles. The van der Waals surface area contributed by atoms with Crippen LogP contribution >= 0.6 is 0 Å². The molecular weight excluding hydrogens is 300 g/mol. The van der Waals surface area contributed by atoms with Crippen LogP contribution in [0, 0.1) is 13.8 Å². The molecule has 2 amide bonds. The number of aryl methyl sites for hydroxylation is 2. The van der Waals surface area contributed by atoms with Crippen molar-refractivity contribution in [1.82, 2.24) is 14.9 Å². The van der Waals surface area contributed by atoms with Crippen LogP contribution < -0.4 is 5.32 Å². The Morgan fingerprint density at radius 2 is 1.88 bits per heavy atom. The van der Waals surface area contributed by atoms with Crippen LogP contribution in [-0.2, 0) is 0 Å². The van der Waals surface area contributed by atoms with Gasteiger partial charge in [0, 0.05) is 35.7 Å². The largest absolute Gasteiger partial charge is 0.322 e. The summed E-state index contributed by atoms with van der Waals surface area (Å²) in [5.41, 5.74) is 3.99. The average Bonchev–Trinajstić information content (AvgIpc) is 2.58. The molecular formula is C19H22N4O. The zero-order chi connectivity index (χ0) is 16.7. The Hall–Kier alpha value is -2.43. The van der Waals surface area contributed by atoms with Crippen LogP contribution in [0.5, 0.6) is 0 Å². The highest BCUT2D eigenvalue weighted by molar-refractivity contribution is 5.91. The lowest BCUT2D eigenvalue weighted by atomic mass is 9.80. The van der Waals surface area contributed by atoms with Crippen molar-refractivity contribution in [3.8, 4) is 11.1 Å². The molecule has 24 heavy (non-hydrogen) atoms. The minimum atomic E-state index is 0.0332. The minimum Gasteiger partial charge on any atom is -0.318 e. The molecule has 5 nitrogen and oxygen atoms in total. The van der Waals surface area contributed by atoms with E-state index in [4.69, 9.17) is 0 Å². The molecule has 2 atom stereocenters. The van der Waals surface area contributed by atoms with E-state index in [-0.39, 0.29) is 6.03 Å². The van der Waals surface area contributed by atoms with E-state index in [1.807, 2.05) is 42.4 Å². The first kappa shape index (κ1) is 15.1. The van der Waals surface area contributed by atoms with Gasteiger partial charge in [-0.25, -0.2) is 14.8 Å². The number of anilines is 1. The summed E-state index contributed by atoms with van der Waals surface area (Å²) in [5.74, 6) is 0.755. The van der Waals surface area contributed by atoms with E-state index in [2.05, 4.69) is 22.2 Å². The molecule has 0 radical (unpaired) electrons. The van der Waals surface area contributed by atoms with Gasteiger partial charge in [-0.3, -0.25) is 0 Å². The van der Waals surface area contributed by atoms with Crippen LogP contribution in [0.25, 0.3) is 11.1 Å². The fraction of sp³-hybridized carbons (Fsp3) is 0.421. The second kappa shape index (κ2) is 5.89. The number of piperidine rings is 1. The zero-order valence-electron chi connectivity index (χ0n) is 14.1.